The minimum absolute atomic E-state index is 0. The van der Waals surface area contributed by atoms with Crippen molar-refractivity contribution in [2.45, 2.75) is 0 Å². The van der Waals surface area contributed by atoms with Crippen LogP contribution in [0.5, 0.6) is 11.5 Å². The van der Waals surface area contributed by atoms with Gasteiger partial charge in [0.05, 0.1) is 13.3 Å². The summed E-state index contributed by atoms with van der Waals surface area (Å²) >= 11 is 4.56. The molecule has 6 N–H and O–H groups in total. The fourth-order valence-corrected chi connectivity index (χ4v) is 1.03. The molecule has 0 aliphatic carbocycles. The molecule has 0 saturated heterocycles. The Morgan fingerprint density at radius 3 is 2.76 bits per heavy atom. The quantitative estimate of drug-likeness (QED) is 0.308. The number of benzene rings is 1. The van der Waals surface area contributed by atoms with Crippen LogP contribution in [0, 0.1) is 0 Å². The Hall–Kier alpha value is -1.37. The van der Waals surface area contributed by atoms with Crippen molar-refractivity contribution in [1.29, 1.82) is 0 Å². The van der Waals surface area contributed by atoms with Crippen LogP contribution in [0.15, 0.2) is 23.3 Å². The summed E-state index contributed by atoms with van der Waals surface area (Å²) in [7, 11) is 1.48. The monoisotopic (exact) mass is 301 g/mol. The first kappa shape index (κ1) is 18.0. The van der Waals surface area contributed by atoms with Crippen LogP contribution in [0.1, 0.15) is 5.56 Å². The van der Waals surface area contributed by atoms with Crippen molar-refractivity contribution in [2.75, 3.05) is 7.11 Å². The number of aromatic hydroxyl groups is 1. The second-order valence-electron chi connectivity index (χ2n) is 2.63. The predicted octanol–water partition coefficient (Wildman–Crippen LogP) is -0.259. The molecule has 0 atom stereocenters. The molecule has 0 radical (unpaired) electrons. The molecule has 0 aromatic heterocycles. The second kappa shape index (κ2) is 8.75. The van der Waals surface area contributed by atoms with Crippen molar-refractivity contribution in [3.8, 4) is 11.5 Å². The summed E-state index contributed by atoms with van der Waals surface area (Å²) in [5, 5.41) is 13.4. The standard InChI is InChI=1S/C9H11N3O2S.Ni.H2O/c1-14-7-4-2-3-6(8(7)13)5-11-12-9(10)15;;/h2-5,13H,1H3,(H3,10,12,15);;1H2/b11-5+;;. The summed E-state index contributed by atoms with van der Waals surface area (Å²) in [6.07, 6.45) is 1.40. The third-order valence-corrected chi connectivity index (χ3v) is 1.72. The molecule has 0 amide bonds. The molecular weight excluding hydrogens is 289 g/mol. The maximum Gasteiger partial charge on any atom is 0.184 e. The Balaban J connectivity index is 0. The summed E-state index contributed by atoms with van der Waals surface area (Å²) in [5.41, 5.74) is 8.07. The number of para-hydroxylation sites is 1. The van der Waals surface area contributed by atoms with E-state index in [2.05, 4.69) is 22.7 Å². The van der Waals surface area contributed by atoms with Crippen LogP contribution in [-0.4, -0.2) is 29.0 Å². The summed E-state index contributed by atoms with van der Waals surface area (Å²) in [4.78, 5) is 0. The number of rotatable bonds is 3. The molecule has 0 fully saturated rings. The SMILES string of the molecule is COc1cccc(/C=N/NC(N)=S)c1O.O.[Ni]. The van der Waals surface area contributed by atoms with E-state index in [1.165, 1.54) is 13.3 Å². The Labute approximate surface area is 114 Å². The van der Waals surface area contributed by atoms with E-state index in [1.807, 2.05) is 0 Å². The molecular formula is C9H13N3NiO3S. The van der Waals surface area contributed by atoms with E-state index >= 15 is 0 Å². The number of hydrogen-bond donors (Lipinski definition) is 3. The molecule has 0 unspecified atom stereocenters. The number of ether oxygens (including phenoxy) is 1. The van der Waals surface area contributed by atoms with Crippen molar-refractivity contribution in [3.63, 3.8) is 0 Å². The zero-order valence-corrected chi connectivity index (χ0v) is 10.7. The molecule has 0 bridgehead atoms. The van der Waals surface area contributed by atoms with Crippen LogP contribution in [0.25, 0.3) is 0 Å². The number of thiocarbonyl (C=S) groups is 1. The Morgan fingerprint density at radius 2 is 2.24 bits per heavy atom. The molecule has 0 saturated carbocycles. The van der Waals surface area contributed by atoms with E-state index in [9.17, 15) is 5.11 Å². The van der Waals surface area contributed by atoms with Crippen molar-refractivity contribution >= 4 is 23.5 Å². The average Bonchev–Trinajstić information content (AvgIpc) is 2.20. The van der Waals surface area contributed by atoms with Crippen molar-refractivity contribution in [1.82, 2.24) is 5.43 Å². The Bertz CT molecular complexity index is 401. The molecule has 98 valence electrons. The number of hydrazone groups is 1. The van der Waals surface area contributed by atoms with Gasteiger partial charge in [0, 0.05) is 22.1 Å². The van der Waals surface area contributed by atoms with Crippen LogP contribution in [-0.2, 0) is 16.5 Å². The zero-order chi connectivity index (χ0) is 11.3. The number of nitrogens with two attached hydrogens (primary N) is 1. The first-order valence-corrected chi connectivity index (χ1v) is 4.50. The van der Waals surface area contributed by atoms with Gasteiger partial charge in [-0.15, -0.1) is 0 Å². The number of nitrogens with zero attached hydrogens (tertiary/aromatic N) is 1. The molecule has 0 aliphatic heterocycles. The fourth-order valence-electron chi connectivity index (χ4n) is 0.974. The van der Waals surface area contributed by atoms with Gasteiger partial charge < -0.3 is 21.1 Å². The fraction of sp³-hybridized carbons (Fsp3) is 0.111. The number of phenolic OH excluding ortho intramolecular Hbond substituents is 1. The van der Waals surface area contributed by atoms with Gasteiger partial charge in [-0.05, 0) is 24.4 Å². The van der Waals surface area contributed by atoms with E-state index in [4.69, 9.17) is 10.5 Å². The number of hydrogen-bond acceptors (Lipinski definition) is 4. The van der Waals surface area contributed by atoms with E-state index in [0.29, 0.717) is 11.3 Å². The molecule has 17 heavy (non-hydrogen) atoms. The maximum atomic E-state index is 9.65. The van der Waals surface area contributed by atoms with Gasteiger partial charge in [0.2, 0.25) is 0 Å². The van der Waals surface area contributed by atoms with E-state index in [-0.39, 0.29) is 32.8 Å². The molecule has 0 heterocycles. The minimum atomic E-state index is 0. The van der Waals surface area contributed by atoms with Crippen LogP contribution in [0.2, 0.25) is 0 Å². The van der Waals surface area contributed by atoms with Crippen LogP contribution < -0.4 is 15.9 Å². The van der Waals surface area contributed by atoms with Gasteiger partial charge >= 0.3 is 0 Å². The van der Waals surface area contributed by atoms with Gasteiger partial charge in [-0.1, -0.05) is 6.07 Å². The average molecular weight is 302 g/mol. The van der Waals surface area contributed by atoms with Gasteiger partial charge in [-0.25, -0.2) is 0 Å². The Morgan fingerprint density at radius 1 is 1.59 bits per heavy atom. The topological polar surface area (TPSA) is 111 Å². The normalized spacial score (nSPS) is 9.00. The van der Waals surface area contributed by atoms with Gasteiger partial charge in [-0.3, -0.25) is 5.43 Å². The molecule has 1 aromatic rings. The van der Waals surface area contributed by atoms with Crippen LogP contribution in [0.3, 0.4) is 0 Å². The molecule has 0 aliphatic rings. The number of nitrogens with one attached hydrogen (secondary N) is 1. The minimum Gasteiger partial charge on any atom is -0.504 e. The smallest absolute Gasteiger partial charge is 0.184 e. The van der Waals surface area contributed by atoms with E-state index < -0.39 is 0 Å². The van der Waals surface area contributed by atoms with E-state index in [1.54, 1.807) is 18.2 Å². The second-order valence-corrected chi connectivity index (χ2v) is 3.07. The molecule has 8 heteroatoms. The maximum absolute atomic E-state index is 9.65. The third-order valence-electron chi connectivity index (χ3n) is 1.63. The van der Waals surface area contributed by atoms with Crippen LogP contribution >= 0.6 is 12.2 Å². The molecule has 0 spiro atoms. The summed E-state index contributed by atoms with van der Waals surface area (Å²) in [6.45, 7) is 0. The van der Waals surface area contributed by atoms with Gasteiger partial charge in [0.1, 0.15) is 0 Å². The summed E-state index contributed by atoms with van der Waals surface area (Å²) in [6, 6.07) is 5.07. The van der Waals surface area contributed by atoms with Crippen molar-refractivity contribution < 1.29 is 31.8 Å². The zero-order valence-electron chi connectivity index (χ0n) is 8.91. The number of phenols is 1. The largest absolute Gasteiger partial charge is 0.504 e. The summed E-state index contributed by atoms with van der Waals surface area (Å²) < 4.78 is 4.93. The first-order valence-electron chi connectivity index (χ1n) is 4.09. The summed E-state index contributed by atoms with van der Waals surface area (Å²) in [5.74, 6) is 0.405. The first-order chi connectivity index (χ1) is 7.15. The van der Waals surface area contributed by atoms with Gasteiger partial charge in [0.25, 0.3) is 0 Å². The predicted molar refractivity (Wildman–Crippen MR) is 65.8 cm³/mol. The van der Waals surface area contributed by atoms with Crippen molar-refractivity contribution in [2.24, 2.45) is 10.8 Å². The molecule has 1 rings (SSSR count). The third kappa shape index (κ3) is 5.49. The molecule has 1 aromatic carbocycles. The van der Waals surface area contributed by atoms with Crippen molar-refractivity contribution in [3.05, 3.63) is 23.8 Å². The van der Waals surface area contributed by atoms with E-state index in [0.717, 1.165) is 0 Å². The molecule has 6 nitrogen and oxygen atoms in total. The number of methoxy groups -OCH3 is 1. The van der Waals surface area contributed by atoms with Gasteiger partial charge in [0.15, 0.2) is 16.6 Å². The van der Waals surface area contributed by atoms with Crippen LogP contribution in [0.4, 0.5) is 0 Å². The van der Waals surface area contributed by atoms with Gasteiger partial charge in [-0.2, -0.15) is 5.10 Å². The Kier molecular flexibility index (Phi) is 9.27.